The summed E-state index contributed by atoms with van der Waals surface area (Å²) in [5.41, 5.74) is 0. The topological polar surface area (TPSA) is 80.8 Å². The van der Waals surface area contributed by atoms with Gasteiger partial charge in [0, 0.05) is 6.42 Å². The fourth-order valence-electron chi connectivity index (χ4n) is 2.95. The monoisotopic (exact) mass is 281 g/mol. The first kappa shape index (κ1) is 14.7. The summed E-state index contributed by atoms with van der Waals surface area (Å²) in [6, 6.07) is 0. The fraction of sp³-hybridized carbons (Fsp3) is 0.714. The normalized spacial score (nSPS) is 24.9. The van der Waals surface area contributed by atoms with Crippen LogP contribution in [0.15, 0.2) is 0 Å². The van der Waals surface area contributed by atoms with Crippen molar-refractivity contribution in [3.8, 4) is 0 Å². The van der Waals surface area contributed by atoms with E-state index in [-0.39, 0.29) is 55.4 Å². The molecule has 0 bridgehead atoms. The molecule has 2 amide bonds. The minimum atomic E-state index is -0.434. The number of Topliss-reactive ketones (excluding diaryl/α,β-unsaturated/α-hetero) is 1. The van der Waals surface area contributed by atoms with E-state index in [1.807, 2.05) is 0 Å². The van der Waals surface area contributed by atoms with Gasteiger partial charge in [-0.1, -0.05) is 6.42 Å². The highest BCUT2D eigenvalue weighted by atomic mass is 16.5. The summed E-state index contributed by atoms with van der Waals surface area (Å²) >= 11 is 0. The van der Waals surface area contributed by atoms with Crippen LogP contribution in [0.2, 0.25) is 0 Å². The summed E-state index contributed by atoms with van der Waals surface area (Å²) < 4.78 is 4.73. The number of ether oxygens (including phenoxy) is 1. The Balaban J connectivity index is 1.84. The second-order valence-electron chi connectivity index (χ2n) is 5.25. The Morgan fingerprint density at radius 2 is 1.75 bits per heavy atom. The highest BCUT2D eigenvalue weighted by Gasteiger charge is 2.49. The van der Waals surface area contributed by atoms with Crippen LogP contribution < -0.4 is 0 Å². The minimum absolute atomic E-state index is 0.00421. The van der Waals surface area contributed by atoms with E-state index in [4.69, 9.17) is 4.74 Å². The Bertz CT molecular complexity index is 423. The molecule has 2 rings (SSSR count). The van der Waals surface area contributed by atoms with Gasteiger partial charge < -0.3 is 4.74 Å². The van der Waals surface area contributed by atoms with Gasteiger partial charge in [0.25, 0.3) is 0 Å². The maximum absolute atomic E-state index is 12.0. The standard InChI is InChI=1S/C14H19NO5/c1-2-20-12(17)7-6-9(16)8-15-13(18)10-4-3-5-11(10)14(15)19/h10-11H,2-8H2,1H3. The molecule has 2 fully saturated rings. The predicted molar refractivity (Wildman–Crippen MR) is 68.4 cm³/mol. The van der Waals surface area contributed by atoms with E-state index in [0.29, 0.717) is 0 Å². The predicted octanol–water partition coefficient (Wildman–Crippen LogP) is 0.684. The first-order valence-corrected chi connectivity index (χ1v) is 7.07. The molecule has 2 unspecified atom stereocenters. The third-order valence-corrected chi connectivity index (χ3v) is 3.93. The molecule has 0 aromatic carbocycles. The molecular formula is C14H19NO5. The fourth-order valence-corrected chi connectivity index (χ4v) is 2.95. The van der Waals surface area contributed by atoms with Crippen LogP contribution in [0.1, 0.15) is 39.0 Å². The SMILES string of the molecule is CCOC(=O)CCC(=O)CN1C(=O)C2CCCC2C1=O. The van der Waals surface area contributed by atoms with Crippen molar-refractivity contribution in [3.63, 3.8) is 0 Å². The number of ketones is 1. The summed E-state index contributed by atoms with van der Waals surface area (Å²) in [6.45, 7) is 1.77. The summed E-state index contributed by atoms with van der Waals surface area (Å²) in [5, 5.41) is 0. The lowest BCUT2D eigenvalue weighted by Crippen LogP contribution is -2.36. The van der Waals surface area contributed by atoms with Gasteiger partial charge in [0.2, 0.25) is 11.8 Å². The molecule has 1 saturated carbocycles. The first-order valence-electron chi connectivity index (χ1n) is 7.07. The number of likely N-dealkylation sites (tertiary alicyclic amines) is 1. The molecule has 0 aromatic rings. The van der Waals surface area contributed by atoms with Gasteiger partial charge in [-0.25, -0.2) is 0 Å². The molecule has 2 aliphatic rings. The van der Waals surface area contributed by atoms with E-state index in [0.717, 1.165) is 24.2 Å². The number of nitrogens with zero attached hydrogens (tertiary/aromatic N) is 1. The van der Waals surface area contributed by atoms with E-state index in [9.17, 15) is 19.2 Å². The largest absolute Gasteiger partial charge is 0.466 e. The molecule has 1 aliphatic carbocycles. The molecule has 110 valence electrons. The Hall–Kier alpha value is -1.72. The van der Waals surface area contributed by atoms with Crippen LogP contribution in [0.4, 0.5) is 0 Å². The van der Waals surface area contributed by atoms with Crippen LogP contribution in [-0.2, 0) is 23.9 Å². The van der Waals surface area contributed by atoms with Crippen molar-refractivity contribution in [2.45, 2.75) is 39.0 Å². The van der Waals surface area contributed by atoms with Crippen molar-refractivity contribution in [2.75, 3.05) is 13.2 Å². The van der Waals surface area contributed by atoms with Gasteiger partial charge >= 0.3 is 5.97 Å². The maximum atomic E-state index is 12.0. The van der Waals surface area contributed by atoms with Crippen molar-refractivity contribution in [2.24, 2.45) is 11.8 Å². The van der Waals surface area contributed by atoms with E-state index < -0.39 is 5.97 Å². The van der Waals surface area contributed by atoms with Crippen molar-refractivity contribution in [3.05, 3.63) is 0 Å². The highest BCUT2D eigenvalue weighted by molar-refractivity contribution is 6.07. The Kier molecular flexibility index (Phi) is 4.52. The zero-order chi connectivity index (χ0) is 14.7. The summed E-state index contributed by atoms with van der Waals surface area (Å²) in [5.74, 6) is -1.60. The third-order valence-electron chi connectivity index (χ3n) is 3.93. The van der Waals surface area contributed by atoms with Crippen LogP contribution in [0.25, 0.3) is 0 Å². The molecule has 20 heavy (non-hydrogen) atoms. The number of rotatable bonds is 6. The van der Waals surface area contributed by atoms with Gasteiger partial charge in [-0.05, 0) is 19.8 Å². The van der Waals surface area contributed by atoms with Crippen LogP contribution in [-0.4, -0.2) is 41.6 Å². The van der Waals surface area contributed by atoms with Gasteiger partial charge in [-0.3, -0.25) is 24.1 Å². The molecule has 6 heteroatoms. The molecule has 1 heterocycles. The molecule has 0 aromatic heterocycles. The van der Waals surface area contributed by atoms with Gasteiger partial charge in [-0.15, -0.1) is 0 Å². The summed E-state index contributed by atoms with van der Waals surface area (Å²) in [6.07, 6.45) is 2.38. The zero-order valence-electron chi connectivity index (χ0n) is 11.6. The van der Waals surface area contributed by atoms with Crippen molar-refractivity contribution < 1.29 is 23.9 Å². The van der Waals surface area contributed by atoms with Crippen LogP contribution in [0, 0.1) is 11.8 Å². The van der Waals surface area contributed by atoms with Crippen LogP contribution >= 0.6 is 0 Å². The Morgan fingerprint density at radius 3 is 2.30 bits per heavy atom. The third kappa shape index (κ3) is 2.89. The van der Waals surface area contributed by atoms with E-state index in [1.165, 1.54) is 0 Å². The Labute approximate surface area is 117 Å². The molecule has 1 saturated heterocycles. The van der Waals surface area contributed by atoms with Gasteiger partial charge in [-0.2, -0.15) is 0 Å². The smallest absolute Gasteiger partial charge is 0.306 e. The summed E-state index contributed by atoms with van der Waals surface area (Å²) in [4.78, 5) is 48.1. The average Bonchev–Trinajstić information content (AvgIpc) is 2.97. The number of fused-ring (bicyclic) bond motifs is 1. The molecule has 0 spiro atoms. The second kappa shape index (κ2) is 6.15. The Morgan fingerprint density at radius 1 is 1.15 bits per heavy atom. The first-order chi connectivity index (χ1) is 9.54. The summed E-state index contributed by atoms with van der Waals surface area (Å²) in [7, 11) is 0. The minimum Gasteiger partial charge on any atom is -0.466 e. The van der Waals surface area contributed by atoms with Crippen molar-refractivity contribution in [1.82, 2.24) is 4.90 Å². The van der Waals surface area contributed by atoms with Crippen LogP contribution in [0.5, 0.6) is 0 Å². The van der Waals surface area contributed by atoms with Gasteiger partial charge in [0.15, 0.2) is 5.78 Å². The zero-order valence-corrected chi connectivity index (χ0v) is 11.6. The molecule has 0 radical (unpaired) electrons. The highest BCUT2D eigenvalue weighted by Crippen LogP contribution is 2.39. The molecule has 6 nitrogen and oxygen atoms in total. The molecule has 2 atom stereocenters. The van der Waals surface area contributed by atoms with Gasteiger partial charge in [0.05, 0.1) is 31.4 Å². The quantitative estimate of drug-likeness (QED) is 0.528. The molecular weight excluding hydrogens is 262 g/mol. The lowest BCUT2D eigenvalue weighted by molar-refractivity contribution is -0.145. The number of imide groups is 1. The number of hydrogen-bond acceptors (Lipinski definition) is 5. The molecule has 0 N–H and O–H groups in total. The number of esters is 1. The second-order valence-corrected chi connectivity index (χ2v) is 5.25. The van der Waals surface area contributed by atoms with Crippen molar-refractivity contribution in [1.29, 1.82) is 0 Å². The lowest BCUT2D eigenvalue weighted by atomic mass is 10.00. The van der Waals surface area contributed by atoms with E-state index in [2.05, 4.69) is 0 Å². The van der Waals surface area contributed by atoms with Gasteiger partial charge in [0.1, 0.15) is 0 Å². The van der Waals surface area contributed by atoms with E-state index >= 15 is 0 Å². The number of carbonyl (C=O) groups is 4. The van der Waals surface area contributed by atoms with E-state index in [1.54, 1.807) is 6.92 Å². The molecule has 1 aliphatic heterocycles. The lowest BCUT2D eigenvalue weighted by Gasteiger charge is -2.14. The van der Waals surface area contributed by atoms with Crippen LogP contribution in [0.3, 0.4) is 0 Å². The number of carbonyl (C=O) groups excluding carboxylic acids is 4. The maximum Gasteiger partial charge on any atom is 0.306 e. The number of hydrogen-bond donors (Lipinski definition) is 0. The van der Waals surface area contributed by atoms with Crippen molar-refractivity contribution >= 4 is 23.6 Å². The number of amides is 2. The average molecular weight is 281 g/mol.